The van der Waals surface area contributed by atoms with Crippen LogP contribution in [0, 0.1) is 0 Å². The van der Waals surface area contributed by atoms with Crippen molar-refractivity contribution in [2.75, 3.05) is 66.1 Å². The Morgan fingerprint density at radius 2 is 1.32 bits per heavy atom. The second-order valence-electron chi connectivity index (χ2n) is 5.74. The van der Waals surface area contributed by atoms with Gasteiger partial charge in [0.1, 0.15) is 19.8 Å². The number of esters is 1. The van der Waals surface area contributed by atoms with E-state index in [1.54, 1.807) is 12.1 Å². The zero-order valence-corrected chi connectivity index (χ0v) is 16.1. The van der Waals surface area contributed by atoms with Crippen molar-refractivity contribution in [1.29, 1.82) is 0 Å². The lowest BCUT2D eigenvalue weighted by molar-refractivity contribution is -0.138. The van der Waals surface area contributed by atoms with Gasteiger partial charge in [0, 0.05) is 6.08 Å². The molecule has 8 nitrogen and oxygen atoms in total. The lowest BCUT2D eigenvalue weighted by Crippen LogP contribution is -2.16. The number of hydrogen-bond donors (Lipinski definition) is 0. The fourth-order valence-corrected chi connectivity index (χ4v) is 2.27. The quantitative estimate of drug-likeness (QED) is 0.565. The third-order valence-electron chi connectivity index (χ3n) is 3.64. The molecule has 156 valence electrons. The zero-order chi connectivity index (χ0) is 19.9. The van der Waals surface area contributed by atoms with E-state index in [4.69, 9.17) is 33.2 Å². The van der Waals surface area contributed by atoms with E-state index in [1.165, 1.54) is 0 Å². The molecule has 1 aliphatic rings. The molecule has 0 N–H and O–H groups in total. The molecule has 2 rings (SSSR count). The number of ether oxygens (including phenoxy) is 7. The minimum Gasteiger partial charge on any atom is -0.487 e. The van der Waals surface area contributed by atoms with Gasteiger partial charge >= 0.3 is 5.97 Å². The lowest BCUT2D eigenvalue weighted by Gasteiger charge is -2.15. The van der Waals surface area contributed by atoms with Crippen LogP contribution in [0.15, 0.2) is 30.9 Å². The molecule has 1 aromatic carbocycles. The molecule has 0 saturated carbocycles. The van der Waals surface area contributed by atoms with E-state index in [1.807, 2.05) is 6.07 Å². The molecule has 0 bridgehead atoms. The van der Waals surface area contributed by atoms with E-state index in [2.05, 4.69) is 6.58 Å². The molecule has 8 heteroatoms. The van der Waals surface area contributed by atoms with Gasteiger partial charge in [-0.2, -0.15) is 0 Å². The van der Waals surface area contributed by atoms with Gasteiger partial charge in [-0.15, -0.1) is 0 Å². The Balaban J connectivity index is 1.93. The minimum absolute atomic E-state index is 0.123. The van der Waals surface area contributed by atoms with Crippen molar-refractivity contribution in [3.05, 3.63) is 36.4 Å². The highest BCUT2D eigenvalue weighted by Crippen LogP contribution is 2.29. The van der Waals surface area contributed by atoms with Gasteiger partial charge in [0.2, 0.25) is 0 Å². The number of carbonyl (C=O) groups is 1. The highest BCUT2D eigenvalue weighted by Gasteiger charge is 2.09. The SMILES string of the molecule is C=CC(=O)OCc1ccc2c(c1)OCCOCCOCCOCCOCCO2. The third kappa shape index (κ3) is 9.18. The van der Waals surface area contributed by atoms with E-state index in [9.17, 15) is 4.79 Å². The summed E-state index contributed by atoms with van der Waals surface area (Å²) in [6, 6.07) is 5.37. The van der Waals surface area contributed by atoms with E-state index in [0.29, 0.717) is 77.6 Å². The summed E-state index contributed by atoms with van der Waals surface area (Å²) in [6.07, 6.45) is 1.13. The topological polar surface area (TPSA) is 81.7 Å². The highest BCUT2D eigenvalue weighted by atomic mass is 16.6. The molecule has 0 aliphatic carbocycles. The van der Waals surface area contributed by atoms with Crippen LogP contribution in [0.1, 0.15) is 5.56 Å². The van der Waals surface area contributed by atoms with Crippen LogP contribution in [0.5, 0.6) is 11.5 Å². The summed E-state index contributed by atoms with van der Waals surface area (Å²) in [5, 5.41) is 0. The summed E-state index contributed by atoms with van der Waals surface area (Å²) in [6.45, 7) is 8.10. The summed E-state index contributed by atoms with van der Waals surface area (Å²) >= 11 is 0. The average Bonchev–Trinajstić information content (AvgIpc) is 2.72. The van der Waals surface area contributed by atoms with Crippen LogP contribution in [0.25, 0.3) is 0 Å². The van der Waals surface area contributed by atoms with E-state index in [0.717, 1.165) is 11.6 Å². The van der Waals surface area contributed by atoms with E-state index < -0.39 is 5.97 Å². The van der Waals surface area contributed by atoms with Crippen LogP contribution >= 0.6 is 0 Å². The second kappa shape index (κ2) is 14.0. The van der Waals surface area contributed by atoms with Gasteiger partial charge in [-0.05, 0) is 17.7 Å². The maximum absolute atomic E-state index is 11.2. The van der Waals surface area contributed by atoms with Crippen molar-refractivity contribution in [3.63, 3.8) is 0 Å². The number of carbonyl (C=O) groups excluding carboxylic acids is 1. The standard InChI is InChI=1S/C20H28O8/c1-2-20(21)28-16-17-3-4-18-19(15-17)27-14-12-25-10-8-23-6-5-22-7-9-24-11-13-26-18/h2-4,15H,1,5-14,16H2. The smallest absolute Gasteiger partial charge is 0.330 e. The highest BCUT2D eigenvalue weighted by molar-refractivity contribution is 5.81. The second-order valence-corrected chi connectivity index (χ2v) is 5.74. The average molecular weight is 396 g/mol. The predicted molar refractivity (Wildman–Crippen MR) is 101 cm³/mol. The first-order valence-electron chi connectivity index (χ1n) is 9.28. The van der Waals surface area contributed by atoms with Crippen molar-refractivity contribution in [1.82, 2.24) is 0 Å². The molecule has 0 saturated heterocycles. The summed E-state index contributed by atoms with van der Waals surface area (Å²) in [4.78, 5) is 11.2. The first-order valence-corrected chi connectivity index (χ1v) is 9.28. The molecule has 0 spiro atoms. The molecule has 1 aromatic rings. The van der Waals surface area contributed by atoms with Crippen LogP contribution in [0.3, 0.4) is 0 Å². The largest absolute Gasteiger partial charge is 0.487 e. The maximum Gasteiger partial charge on any atom is 0.330 e. The molecule has 0 aromatic heterocycles. The van der Waals surface area contributed by atoms with Gasteiger partial charge < -0.3 is 33.2 Å². The van der Waals surface area contributed by atoms with E-state index in [-0.39, 0.29) is 6.61 Å². The minimum atomic E-state index is -0.479. The molecular weight excluding hydrogens is 368 g/mol. The summed E-state index contributed by atoms with van der Waals surface area (Å²) in [7, 11) is 0. The van der Waals surface area contributed by atoms with Crippen LogP contribution in [-0.4, -0.2) is 72.0 Å². The van der Waals surface area contributed by atoms with Crippen LogP contribution in [0.2, 0.25) is 0 Å². The van der Waals surface area contributed by atoms with Crippen molar-refractivity contribution in [2.45, 2.75) is 6.61 Å². The number of benzene rings is 1. The Labute approximate surface area is 165 Å². The first kappa shape index (κ1) is 22.2. The van der Waals surface area contributed by atoms with Gasteiger partial charge in [-0.3, -0.25) is 0 Å². The number of hydrogen-bond acceptors (Lipinski definition) is 8. The maximum atomic E-state index is 11.2. The lowest BCUT2D eigenvalue weighted by atomic mass is 10.2. The van der Waals surface area contributed by atoms with E-state index >= 15 is 0 Å². The van der Waals surface area contributed by atoms with Crippen molar-refractivity contribution in [2.24, 2.45) is 0 Å². The van der Waals surface area contributed by atoms with Gasteiger partial charge in [0.25, 0.3) is 0 Å². The van der Waals surface area contributed by atoms with Gasteiger partial charge in [-0.25, -0.2) is 4.79 Å². The van der Waals surface area contributed by atoms with Gasteiger partial charge in [0.15, 0.2) is 11.5 Å². The predicted octanol–water partition coefficient (Wildman–Crippen LogP) is 1.75. The van der Waals surface area contributed by atoms with Crippen molar-refractivity contribution in [3.8, 4) is 11.5 Å². The van der Waals surface area contributed by atoms with Crippen LogP contribution in [0.4, 0.5) is 0 Å². The molecule has 28 heavy (non-hydrogen) atoms. The van der Waals surface area contributed by atoms with Crippen LogP contribution < -0.4 is 9.47 Å². The Bertz CT molecular complexity index is 590. The van der Waals surface area contributed by atoms with Crippen LogP contribution in [-0.2, 0) is 35.1 Å². The van der Waals surface area contributed by atoms with Gasteiger partial charge in [0.05, 0.1) is 52.9 Å². The van der Waals surface area contributed by atoms with Crippen molar-refractivity contribution >= 4 is 5.97 Å². The zero-order valence-electron chi connectivity index (χ0n) is 16.1. The Kier molecular flexibility index (Phi) is 11.0. The Morgan fingerprint density at radius 1 is 0.821 bits per heavy atom. The Hall–Kier alpha value is -2.13. The first-order chi connectivity index (χ1) is 13.8. The normalized spacial score (nSPS) is 17.7. The Morgan fingerprint density at radius 3 is 1.86 bits per heavy atom. The molecule has 0 amide bonds. The molecular formula is C20H28O8. The number of rotatable bonds is 3. The van der Waals surface area contributed by atoms with Crippen molar-refractivity contribution < 1.29 is 38.0 Å². The fraction of sp³-hybridized carbons (Fsp3) is 0.550. The number of fused-ring (bicyclic) bond motifs is 1. The molecule has 1 heterocycles. The molecule has 1 aliphatic heterocycles. The fourth-order valence-electron chi connectivity index (χ4n) is 2.27. The summed E-state index contributed by atoms with van der Waals surface area (Å²) in [5.74, 6) is 0.659. The summed E-state index contributed by atoms with van der Waals surface area (Å²) in [5.41, 5.74) is 0.780. The monoisotopic (exact) mass is 396 g/mol. The van der Waals surface area contributed by atoms with Gasteiger partial charge in [-0.1, -0.05) is 12.6 Å². The molecule has 0 unspecified atom stereocenters. The molecule has 0 atom stereocenters. The third-order valence-corrected chi connectivity index (χ3v) is 3.64. The molecule has 0 radical (unpaired) electrons. The molecule has 0 fully saturated rings. The summed E-state index contributed by atoms with van der Waals surface area (Å²) < 4.78 is 38.4.